The van der Waals surface area contributed by atoms with Crippen LogP contribution in [0.25, 0.3) is 10.9 Å². The number of likely N-dealkylation sites (tertiary alicyclic amines) is 1. The van der Waals surface area contributed by atoms with Crippen LogP contribution in [-0.4, -0.2) is 58.0 Å². The number of fused-ring (bicyclic) bond motifs is 1. The van der Waals surface area contributed by atoms with E-state index in [9.17, 15) is 4.79 Å². The van der Waals surface area contributed by atoms with Gasteiger partial charge in [-0.15, -0.1) is 0 Å². The van der Waals surface area contributed by atoms with Gasteiger partial charge in [0, 0.05) is 49.4 Å². The molecule has 3 aromatic rings. The molecule has 7 nitrogen and oxygen atoms in total. The number of H-pyrrole nitrogens is 1. The van der Waals surface area contributed by atoms with Crippen LogP contribution in [0, 0.1) is 0 Å². The van der Waals surface area contributed by atoms with E-state index in [-0.39, 0.29) is 12.0 Å². The molecule has 2 saturated heterocycles. The van der Waals surface area contributed by atoms with Crippen molar-refractivity contribution in [3.05, 3.63) is 48.4 Å². The number of benzene rings is 1. The van der Waals surface area contributed by atoms with E-state index in [0.717, 1.165) is 36.2 Å². The van der Waals surface area contributed by atoms with Crippen molar-refractivity contribution in [1.82, 2.24) is 19.9 Å². The summed E-state index contributed by atoms with van der Waals surface area (Å²) in [7, 11) is 0. The van der Waals surface area contributed by atoms with E-state index in [1.165, 1.54) is 12.8 Å². The van der Waals surface area contributed by atoms with Gasteiger partial charge in [0.1, 0.15) is 18.2 Å². The number of amides is 1. The van der Waals surface area contributed by atoms with Crippen LogP contribution in [-0.2, 0) is 0 Å². The molecule has 28 heavy (non-hydrogen) atoms. The van der Waals surface area contributed by atoms with Gasteiger partial charge in [-0.1, -0.05) is 6.07 Å². The lowest BCUT2D eigenvalue weighted by molar-refractivity contribution is 0.0771. The maximum Gasteiger partial charge on any atom is 0.254 e. The summed E-state index contributed by atoms with van der Waals surface area (Å²) in [6, 6.07) is 9.69. The summed E-state index contributed by atoms with van der Waals surface area (Å²) in [6.45, 7) is 3.33. The number of aromatic nitrogens is 3. The van der Waals surface area contributed by atoms with Gasteiger partial charge in [-0.3, -0.25) is 4.79 Å². The van der Waals surface area contributed by atoms with Crippen molar-refractivity contribution in [2.75, 3.05) is 31.1 Å². The topological polar surface area (TPSA) is 74.3 Å². The van der Waals surface area contributed by atoms with E-state index >= 15 is 0 Å². The molecule has 1 aromatic carbocycles. The fraction of sp³-hybridized carbons (Fsp3) is 0.381. The zero-order chi connectivity index (χ0) is 18.9. The summed E-state index contributed by atoms with van der Waals surface area (Å²) >= 11 is 0. The molecule has 2 aliphatic heterocycles. The Morgan fingerprint density at radius 1 is 1.11 bits per heavy atom. The molecule has 0 spiro atoms. The Morgan fingerprint density at radius 3 is 2.89 bits per heavy atom. The quantitative estimate of drug-likeness (QED) is 0.757. The number of hydrogen-bond donors (Lipinski definition) is 1. The van der Waals surface area contributed by atoms with Crippen LogP contribution in [0.15, 0.2) is 42.9 Å². The highest BCUT2D eigenvalue weighted by molar-refractivity contribution is 5.98. The van der Waals surface area contributed by atoms with Crippen molar-refractivity contribution in [2.24, 2.45) is 0 Å². The Hall–Kier alpha value is -3.09. The molecular weight excluding hydrogens is 354 g/mol. The fourth-order valence-corrected chi connectivity index (χ4v) is 4.06. The fourth-order valence-electron chi connectivity index (χ4n) is 4.06. The van der Waals surface area contributed by atoms with Crippen LogP contribution >= 0.6 is 0 Å². The Bertz CT molecular complexity index is 995. The van der Waals surface area contributed by atoms with Crippen LogP contribution < -0.4 is 9.64 Å². The first kappa shape index (κ1) is 17.0. The van der Waals surface area contributed by atoms with Gasteiger partial charge >= 0.3 is 0 Å². The lowest BCUT2D eigenvalue weighted by Gasteiger charge is -2.19. The number of carbonyl (C=O) groups excluding carboxylic acids is 1. The second kappa shape index (κ2) is 7.14. The van der Waals surface area contributed by atoms with Crippen LogP contribution in [0.3, 0.4) is 0 Å². The second-order valence-corrected chi connectivity index (χ2v) is 7.47. The summed E-state index contributed by atoms with van der Waals surface area (Å²) in [5.74, 6) is 1.56. The minimum atomic E-state index is -0.0421. The number of ether oxygens (including phenoxy) is 1. The van der Waals surface area contributed by atoms with Crippen molar-refractivity contribution in [1.29, 1.82) is 0 Å². The summed E-state index contributed by atoms with van der Waals surface area (Å²) in [4.78, 5) is 28.8. The molecule has 0 aliphatic carbocycles. The van der Waals surface area contributed by atoms with Gasteiger partial charge in [0.15, 0.2) is 0 Å². The molecule has 2 aliphatic rings. The molecule has 144 valence electrons. The van der Waals surface area contributed by atoms with Gasteiger partial charge in [0.25, 0.3) is 5.91 Å². The zero-order valence-corrected chi connectivity index (χ0v) is 15.7. The molecule has 5 rings (SSSR count). The molecule has 0 bridgehead atoms. The van der Waals surface area contributed by atoms with Gasteiger partial charge < -0.3 is 19.5 Å². The van der Waals surface area contributed by atoms with Gasteiger partial charge in [-0.05, 0) is 36.4 Å². The molecule has 0 radical (unpaired) electrons. The molecule has 1 amide bonds. The first-order valence-electron chi connectivity index (χ1n) is 9.86. The van der Waals surface area contributed by atoms with Gasteiger partial charge in [0.05, 0.1) is 6.54 Å². The van der Waals surface area contributed by atoms with Crippen LogP contribution in [0.2, 0.25) is 0 Å². The Morgan fingerprint density at radius 2 is 2.00 bits per heavy atom. The third-order valence-corrected chi connectivity index (χ3v) is 5.58. The third-order valence-electron chi connectivity index (χ3n) is 5.58. The monoisotopic (exact) mass is 377 g/mol. The number of carbonyl (C=O) groups is 1. The largest absolute Gasteiger partial charge is 0.472 e. The van der Waals surface area contributed by atoms with E-state index < -0.39 is 0 Å². The summed E-state index contributed by atoms with van der Waals surface area (Å²) in [5, 5.41) is 1.11. The first-order chi connectivity index (χ1) is 13.8. The average molecular weight is 377 g/mol. The molecule has 2 fully saturated rings. The van der Waals surface area contributed by atoms with E-state index in [1.54, 1.807) is 6.33 Å². The van der Waals surface area contributed by atoms with Crippen LogP contribution in [0.4, 0.5) is 5.82 Å². The Labute approximate surface area is 163 Å². The van der Waals surface area contributed by atoms with Crippen molar-refractivity contribution >= 4 is 22.6 Å². The molecule has 7 heteroatoms. The number of nitrogens with one attached hydrogen (secondary N) is 1. The highest BCUT2D eigenvalue weighted by Crippen LogP contribution is 2.24. The second-order valence-electron chi connectivity index (χ2n) is 7.47. The normalized spacial score (nSPS) is 19.5. The summed E-state index contributed by atoms with van der Waals surface area (Å²) < 4.78 is 6.07. The van der Waals surface area contributed by atoms with Gasteiger partial charge in [0.2, 0.25) is 5.88 Å². The smallest absolute Gasteiger partial charge is 0.254 e. The van der Waals surface area contributed by atoms with Crippen molar-refractivity contribution < 1.29 is 9.53 Å². The van der Waals surface area contributed by atoms with E-state index in [1.807, 2.05) is 41.4 Å². The minimum absolute atomic E-state index is 0.0421. The lowest BCUT2D eigenvalue weighted by Crippen LogP contribution is -2.31. The Balaban J connectivity index is 1.24. The summed E-state index contributed by atoms with van der Waals surface area (Å²) in [6.07, 6.45) is 6.62. The maximum atomic E-state index is 12.9. The minimum Gasteiger partial charge on any atom is -0.472 e. The molecule has 1 unspecified atom stereocenters. The average Bonchev–Trinajstić information content (AvgIpc) is 3.48. The first-order valence-corrected chi connectivity index (χ1v) is 9.86. The number of aromatic amines is 1. The number of hydrogen-bond acceptors (Lipinski definition) is 5. The Kier molecular flexibility index (Phi) is 4.35. The predicted octanol–water partition coefficient (Wildman–Crippen LogP) is 2.85. The van der Waals surface area contributed by atoms with Gasteiger partial charge in [-0.25, -0.2) is 9.97 Å². The third kappa shape index (κ3) is 3.28. The zero-order valence-electron chi connectivity index (χ0n) is 15.7. The van der Waals surface area contributed by atoms with Crippen molar-refractivity contribution in [3.8, 4) is 5.88 Å². The summed E-state index contributed by atoms with van der Waals surface area (Å²) in [5.41, 5.74) is 1.68. The molecule has 4 heterocycles. The van der Waals surface area contributed by atoms with E-state index in [4.69, 9.17) is 4.74 Å². The standard InChI is InChI=1S/C21H23N5O2/c27-21(16-4-3-15-5-7-22-18(15)11-16)26-10-6-17(13-26)28-20-12-19(23-14-24-20)25-8-1-2-9-25/h3-5,7,11-12,14,17,22H,1-2,6,8-10,13H2. The number of nitrogens with zero attached hydrogens (tertiary/aromatic N) is 4. The number of rotatable bonds is 4. The number of anilines is 1. The molecule has 0 saturated carbocycles. The van der Waals surface area contributed by atoms with Crippen LogP contribution in [0.5, 0.6) is 5.88 Å². The van der Waals surface area contributed by atoms with Gasteiger partial charge in [-0.2, -0.15) is 0 Å². The van der Waals surface area contributed by atoms with Crippen molar-refractivity contribution in [2.45, 2.75) is 25.4 Å². The van der Waals surface area contributed by atoms with E-state index in [0.29, 0.717) is 24.5 Å². The molecule has 2 aromatic heterocycles. The molecular formula is C21H23N5O2. The SMILES string of the molecule is O=C(c1ccc2cc[nH]c2c1)N1CCC(Oc2cc(N3CCCC3)ncn2)C1. The molecule has 1 atom stereocenters. The maximum absolute atomic E-state index is 12.9. The molecule has 1 N–H and O–H groups in total. The lowest BCUT2D eigenvalue weighted by atomic mass is 10.1. The highest BCUT2D eigenvalue weighted by atomic mass is 16.5. The predicted molar refractivity (Wildman–Crippen MR) is 107 cm³/mol. The highest BCUT2D eigenvalue weighted by Gasteiger charge is 2.29. The van der Waals surface area contributed by atoms with E-state index in [2.05, 4.69) is 19.9 Å². The van der Waals surface area contributed by atoms with Crippen LogP contribution in [0.1, 0.15) is 29.6 Å². The van der Waals surface area contributed by atoms with Crippen molar-refractivity contribution in [3.63, 3.8) is 0 Å².